The lowest BCUT2D eigenvalue weighted by atomic mass is 10.1. The maximum absolute atomic E-state index is 12.5. The van der Waals surface area contributed by atoms with Crippen molar-refractivity contribution >= 4 is 27.8 Å². The van der Waals surface area contributed by atoms with Gasteiger partial charge in [-0.15, -0.1) is 0 Å². The standard InChI is InChI=1S/C14H19BrN2O3/c1-10-8-11(15)4-5-12(10)14(20)17(9-13(18)19)7-6-16(2)3/h4-5,8H,6-7,9H2,1-3H3,(H,18,19). The van der Waals surface area contributed by atoms with Crippen LogP contribution in [-0.4, -0.2) is 60.5 Å². The minimum atomic E-state index is -1.01. The zero-order valence-electron chi connectivity index (χ0n) is 11.9. The van der Waals surface area contributed by atoms with Crippen molar-refractivity contribution < 1.29 is 14.7 Å². The molecular formula is C14H19BrN2O3. The zero-order valence-corrected chi connectivity index (χ0v) is 13.5. The number of carbonyl (C=O) groups is 2. The molecule has 0 saturated carbocycles. The Morgan fingerprint density at radius 3 is 2.40 bits per heavy atom. The number of carbonyl (C=O) groups excluding carboxylic acids is 1. The second kappa shape index (κ2) is 7.40. The summed E-state index contributed by atoms with van der Waals surface area (Å²) >= 11 is 3.35. The molecular weight excluding hydrogens is 324 g/mol. The van der Waals surface area contributed by atoms with E-state index < -0.39 is 5.97 Å². The van der Waals surface area contributed by atoms with Crippen molar-refractivity contribution in [3.8, 4) is 0 Å². The quantitative estimate of drug-likeness (QED) is 0.856. The molecule has 0 atom stereocenters. The highest BCUT2D eigenvalue weighted by Crippen LogP contribution is 2.17. The first kappa shape index (κ1) is 16.7. The molecule has 6 heteroatoms. The summed E-state index contributed by atoms with van der Waals surface area (Å²) in [6, 6.07) is 5.34. The molecule has 0 aromatic heterocycles. The summed E-state index contributed by atoms with van der Waals surface area (Å²) in [5, 5.41) is 8.94. The van der Waals surface area contributed by atoms with Gasteiger partial charge in [0.2, 0.25) is 0 Å². The Labute approximate surface area is 127 Å². The first-order valence-electron chi connectivity index (χ1n) is 6.23. The number of likely N-dealkylation sites (N-methyl/N-ethyl adjacent to an activating group) is 1. The summed E-state index contributed by atoms with van der Waals surface area (Å²) in [6.07, 6.45) is 0. The third-order valence-electron chi connectivity index (χ3n) is 2.85. The third-order valence-corrected chi connectivity index (χ3v) is 3.34. The number of amides is 1. The first-order chi connectivity index (χ1) is 9.31. The Balaban J connectivity index is 2.93. The van der Waals surface area contributed by atoms with Crippen molar-refractivity contribution in [2.75, 3.05) is 33.7 Å². The van der Waals surface area contributed by atoms with Crippen molar-refractivity contribution in [3.05, 3.63) is 33.8 Å². The predicted octanol–water partition coefficient (Wildman–Crippen LogP) is 1.85. The van der Waals surface area contributed by atoms with Gasteiger partial charge in [0.1, 0.15) is 6.54 Å². The van der Waals surface area contributed by atoms with Gasteiger partial charge >= 0.3 is 5.97 Å². The van der Waals surface area contributed by atoms with Gasteiger partial charge in [0, 0.05) is 23.1 Å². The Morgan fingerprint density at radius 2 is 1.90 bits per heavy atom. The monoisotopic (exact) mass is 342 g/mol. The number of aliphatic carboxylic acids is 1. The van der Waals surface area contributed by atoms with Crippen molar-refractivity contribution in [1.29, 1.82) is 0 Å². The fourth-order valence-corrected chi connectivity index (χ4v) is 2.25. The molecule has 1 N–H and O–H groups in total. The molecule has 0 aliphatic rings. The van der Waals surface area contributed by atoms with Gasteiger partial charge in [-0.05, 0) is 44.8 Å². The Hall–Kier alpha value is -1.40. The maximum Gasteiger partial charge on any atom is 0.323 e. The zero-order chi connectivity index (χ0) is 15.3. The van der Waals surface area contributed by atoms with E-state index >= 15 is 0 Å². The van der Waals surface area contributed by atoms with Gasteiger partial charge in [0.15, 0.2) is 0 Å². The van der Waals surface area contributed by atoms with E-state index in [9.17, 15) is 9.59 Å². The van der Waals surface area contributed by atoms with E-state index in [1.165, 1.54) is 4.90 Å². The topological polar surface area (TPSA) is 60.9 Å². The smallest absolute Gasteiger partial charge is 0.323 e. The van der Waals surface area contributed by atoms with Crippen molar-refractivity contribution in [2.45, 2.75) is 6.92 Å². The summed E-state index contributed by atoms with van der Waals surface area (Å²) in [5.74, 6) is -1.26. The Morgan fingerprint density at radius 1 is 1.25 bits per heavy atom. The van der Waals surface area contributed by atoms with Crippen LogP contribution < -0.4 is 0 Å². The second-order valence-corrected chi connectivity index (χ2v) is 5.80. The largest absolute Gasteiger partial charge is 0.480 e. The van der Waals surface area contributed by atoms with E-state index in [-0.39, 0.29) is 12.5 Å². The molecule has 20 heavy (non-hydrogen) atoms. The fourth-order valence-electron chi connectivity index (χ4n) is 1.77. The molecule has 1 rings (SSSR count). The SMILES string of the molecule is Cc1cc(Br)ccc1C(=O)N(CCN(C)C)CC(=O)O. The summed E-state index contributed by atoms with van der Waals surface area (Å²) < 4.78 is 0.893. The lowest BCUT2D eigenvalue weighted by Gasteiger charge is -2.23. The molecule has 0 heterocycles. The van der Waals surface area contributed by atoms with Gasteiger partial charge in [0.25, 0.3) is 5.91 Å². The van der Waals surface area contributed by atoms with Crippen molar-refractivity contribution in [1.82, 2.24) is 9.80 Å². The van der Waals surface area contributed by atoms with Crippen molar-refractivity contribution in [2.24, 2.45) is 0 Å². The number of rotatable bonds is 6. The van der Waals surface area contributed by atoms with Crippen LogP contribution in [0.1, 0.15) is 15.9 Å². The third kappa shape index (κ3) is 4.94. The lowest BCUT2D eigenvalue weighted by molar-refractivity contribution is -0.137. The molecule has 0 fully saturated rings. The van der Waals surface area contributed by atoms with Gasteiger partial charge in [0.05, 0.1) is 0 Å². The summed E-state index contributed by atoms with van der Waals surface area (Å²) in [4.78, 5) is 26.6. The van der Waals surface area contributed by atoms with E-state index in [0.29, 0.717) is 18.7 Å². The predicted molar refractivity (Wildman–Crippen MR) is 81.0 cm³/mol. The van der Waals surface area contributed by atoms with Gasteiger partial charge in [-0.3, -0.25) is 9.59 Å². The molecule has 1 aromatic rings. The highest BCUT2D eigenvalue weighted by molar-refractivity contribution is 9.10. The minimum Gasteiger partial charge on any atom is -0.480 e. The second-order valence-electron chi connectivity index (χ2n) is 4.88. The molecule has 1 aromatic carbocycles. The normalized spacial score (nSPS) is 10.7. The molecule has 0 unspecified atom stereocenters. The van der Waals surface area contributed by atoms with Crippen LogP contribution in [-0.2, 0) is 4.79 Å². The highest BCUT2D eigenvalue weighted by Gasteiger charge is 2.20. The van der Waals surface area contributed by atoms with Crippen LogP contribution in [0.3, 0.4) is 0 Å². The average molecular weight is 343 g/mol. The molecule has 0 radical (unpaired) electrons. The minimum absolute atomic E-state index is 0.251. The van der Waals surface area contributed by atoms with Crippen LogP contribution in [0, 0.1) is 6.92 Å². The molecule has 1 amide bonds. The number of hydrogen-bond acceptors (Lipinski definition) is 3. The first-order valence-corrected chi connectivity index (χ1v) is 7.02. The van der Waals surface area contributed by atoms with E-state index in [1.807, 2.05) is 32.0 Å². The van der Waals surface area contributed by atoms with E-state index in [4.69, 9.17) is 5.11 Å². The van der Waals surface area contributed by atoms with E-state index in [0.717, 1.165) is 10.0 Å². The van der Waals surface area contributed by atoms with Gasteiger partial charge < -0.3 is 14.9 Å². The van der Waals surface area contributed by atoms with Gasteiger partial charge in [-0.25, -0.2) is 0 Å². The summed E-state index contributed by atoms with van der Waals surface area (Å²) in [5.41, 5.74) is 1.36. The highest BCUT2D eigenvalue weighted by atomic mass is 79.9. The lowest BCUT2D eigenvalue weighted by Crippen LogP contribution is -2.40. The Bertz CT molecular complexity index is 503. The molecule has 0 saturated heterocycles. The molecule has 0 spiro atoms. The van der Waals surface area contributed by atoms with Crippen LogP contribution in [0.5, 0.6) is 0 Å². The van der Waals surface area contributed by atoms with Crippen LogP contribution in [0.4, 0.5) is 0 Å². The maximum atomic E-state index is 12.5. The van der Waals surface area contributed by atoms with Crippen LogP contribution in [0.25, 0.3) is 0 Å². The van der Waals surface area contributed by atoms with E-state index in [2.05, 4.69) is 15.9 Å². The summed E-state index contributed by atoms with van der Waals surface area (Å²) in [7, 11) is 3.77. The van der Waals surface area contributed by atoms with Gasteiger partial charge in [-0.2, -0.15) is 0 Å². The number of nitrogens with zero attached hydrogens (tertiary/aromatic N) is 2. The summed E-state index contributed by atoms with van der Waals surface area (Å²) in [6.45, 7) is 2.55. The number of carboxylic acid groups (broad SMARTS) is 1. The van der Waals surface area contributed by atoms with Crippen LogP contribution >= 0.6 is 15.9 Å². The average Bonchev–Trinajstić information content (AvgIpc) is 2.33. The number of benzene rings is 1. The molecule has 0 aliphatic heterocycles. The van der Waals surface area contributed by atoms with E-state index in [1.54, 1.807) is 12.1 Å². The molecule has 0 aliphatic carbocycles. The van der Waals surface area contributed by atoms with Gasteiger partial charge in [-0.1, -0.05) is 15.9 Å². The number of carboxylic acids is 1. The van der Waals surface area contributed by atoms with Crippen molar-refractivity contribution in [3.63, 3.8) is 0 Å². The van der Waals surface area contributed by atoms with Crippen LogP contribution in [0.15, 0.2) is 22.7 Å². The molecule has 110 valence electrons. The number of aryl methyl sites for hydroxylation is 1. The Kier molecular flexibility index (Phi) is 6.16. The number of halogens is 1. The number of hydrogen-bond donors (Lipinski definition) is 1. The molecule has 5 nitrogen and oxygen atoms in total. The van der Waals surface area contributed by atoms with Crippen LogP contribution in [0.2, 0.25) is 0 Å². The fraction of sp³-hybridized carbons (Fsp3) is 0.429. The molecule has 0 bridgehead atoms.